The lowest BCUT2D eigenvalue weighted by Crippen LogP contribution is -2.19. The summed E-state index contributed by atoms with van der Waals surface area (Å²) in [6, 6.07) is 2.36. The average Bonchev–Trinajstić information content (AvgIpc) is 2.81. The Morgan fingerprint density at radius 2 is 2.24 bits per heavy atom. The van der Waals surface area contributed by atoms with Crippen LogP contribution >= 0.6 is 11.3 Å². The Kier molecular flexibility index (Phi) is 3.59. The molecule has 1 atom stereocenters. The second-order valence-corrected chi connectivity index (χ2v) is 5.47. The van der Waals surface area contributed by atoms with Gasteiger partial charge in [-0.15, -0.1) is 11.3 Å². The third-order valence-electron chi connectivity index (χ3n) is 2.84. The smallest absolute Gasteiger partial charge is 0.0900 e. The lowest BCUT2D eigenvalue weighted by Gasteiger charge is -2.12. The van der Waals surface area contributed by atoms with Crippen molar-refractivity contribution in [2.75, 3.05) is 0 Å². The standard InChI is InChI=1S/C12H18N4S/c1-8(12-9(2)15-10(3)17-12)13-7-11-5-6-14-16(11)4/h5-6,8,13H,7H2,1-4H3. The van der Waals surface area contributed by atoms with Crippen molar-refractivity contribution in [2.24, 2.45) is 7.05 Å². The average molecular weight is 250 g/mol. The third kappa shape index (κ3) is 2.73. The Morgan fingerprint density at radius 3 is 2.76 bits per heavy atom. The lowest BCUT2D eigenvalue weighted by atomic mass is 10.2. The summed E-state index contributed by atoms with van der Waals surface area (Å²) in [4.78, 5) is 5.78. The van der Waals surface area contributed by atoms with Gasteiger partial charge in [-0.2, -0.15) is 5.10 Å². The maximum atomic E-state index is 4.46. The Labute approximate surface area is 106 Å². The molecule has 0 fully saturated rings. The molecule has 0 saturated carbocycles. The molecule has 0 spiro atoms. The summed E-state index contributed by atoms with van der Waals surface area (Å²) in [6.07, 6.45) is 1.82. The molecule has 2 heterocycles. The highest BCUT2D eigenvalue weighted by atomic mass is 32.1. The molecular formula is C12H18N4S. The molecule has 0 aromatic carbocycles. The van der Waals surface area contributed by atoms with Crippen molar-refractivity contribution in [2.45, 2.75) is 33.4 Å². The molecule has 0 aliphatic rings. The number of nitrogens with zero attached hydrogens (tertiary/aromatic N) is 3. The fourth-order valence-corrected chi connectivity index (χ4v) is 2.83. The molecule has 0 amide bonds. The summed E-state index contributed by atoms with van der Waals surface area (Å²) in [6.45, 7) is 7.13. The molecule has 2 aromatic rings. The Balaban J connectivity index is 2.00. The van der Waals surface area contributed by atoms with Crippen molar-refractivity contribution in [3.05, 3.63) is 33.5 Å². The fourth-order valence-electron chi connectivity index (χ4n) is 1.87. The van der Waals surface area contributed by atoms with E-state index < -0.39 is 0 Å². The molecule has 4 nitrogen and oxygen atoms in total. The van der Waals surface area contributed by atoms with Gasteiger partial charge in [-0.25, -0.2) is 4.98 Å². The highest BCUT2D eigenvalue weighted by molar-refractivity contribution is 7.11. The van der Waals surface area contributed by atoms with Crippen LogP contribution in [-0.4, -0.2) is 14.8 Å². The first kappa shape index (κ1) is 12.3. The molecule has 0 bridgehead atoms. The predicted molar refractivity (Wildman–Crippen MR) is 70.1 cm³/mol. The minimum Gasteiger partial charge on any atom is -0.304 e. The molecule has 92 valence electrons. The molecular weight excluding hydrogens is 232 g/mol. The second-order valence-electron chi connectivity index (χ2n) is 4.23. The van der Waals surface area contributed by atoms with E-state index >= 15 is 0 Å². The van der Waals surface area contributed by atoms with Gasteiger partial charge in [-0.3, -0.25) is 4.68 Å². The zero-order valence-corrected chi connectivity index (χ0v) is 11.5. The predicted octanol–water partition coefficient (Wildman–Crippen LogP) is 2.34. The number of hydrogen-bond acceptors (Lipinski definition) is 4. The number of nitrogens with one attached hydrogen (secondary N) is 1. The Bertz CT molecular complexity index is 500. The monoisotopic (exact) mass is 250 g/mol. The first-order valence-corrected chi connectivity index (χ1v) is 6.53. The van der Waals surface area contributed by atoms with Crippen molar-refractivity contribution in [1.82, 2.24) is 20.1 Å². The van der Waals surface area contributed by atoms with Gasteiger partial charge in [0, 0.05) is 30.7 Å². The summed E-state index contributed by atoms with van der Waals surface area (Å²) >= 11 is 1.77. The second kappa shape index (κ2) is 4.98. The largest absolute Gasteiger partial charge is 0.304 e. The van der Waals surface area contributed by atoms with Gasteiger partial charge in [-0.05, 0) is 26.8 Å². The minimum absolute atomic E-state index is 0.330. The third-order valence-corrected chi connectivity index (χ3v) is 4.10. The molecule has 0 saturated heterocycles. The molecule has 0 radical (unpaired) electrons. The van der Waals surface area contributed by atoms with E-state index in [0.717, 1.165) is 17.2 Å². The van der Waals surface area contributed by atoms with Gasteiger partial charge in [0.25, 0.3) is 0 Å². The first-order chi connectivity index (χ1) is 8.08. The summed E-state index contributed by atoms with van der Waals surface area (Å²) in [5, 5.41) is 8.79. The van der Waals surface area contributed by atoms with E-state index in [1.54, 1.807) is 11.3 Å². The Morgan fingerprint density at radius 1 is 1.47 bits per heavy atom. The summed E-state index contributed by atoms with van der Waals surface area (Å²) in [7, 11) is 1.96. The SMILES string of the molecule is Cc1nc(C)c(C(C)NCc2ccnn2C)s1. The van der Waals surface area contributed by atoms with Crippen molar-refractivity contribution in [1.29, 1.82) is 0 Å². The van der Waals surface area contributed by atoms with Gasteiger partial charge in [0.1, 0.15) is 0 Å². The number of aryl methyl sites for hydroxylation is 3. The first-order valence-electron chi connectivity index (χ1n) is 5.72. The van der Waals surface area contributed by atoms with Crippen molar-refractivity contribution >= 4 is 11.3 Å². The molecule has 2 rings (SSSR count). The normalized spacial score (nSPS) is 12.9. The highest BCUT2D eigenvalue weighted by Gasteiger charge is 2.12. The summed E-state index contributed by atoms with van der Waals surface area (Å²) in [5.74, 6) is 0. The topological polar surface area (TPSA) is 42.7 Å². The van der Waals surface area contributed by atoms with Crippen LogP contribution in [0, 0.1) is 13.8 Å². The van der Waals surface area contributed by atoms with Crippen LogP contribution in [0.2, 0.25) is 0 Å². The molecule has 1 unspecified atom stereocenters. The van der Waals surface area contributed by atoms with E-state index in [9.17, 15) is 0 Å². The number of thiazole rings is 1. The number of hydrogen-bond donors (Lipinski definition) is 1. The quantitative estimate of drug-likeness (QED) is 0.905. The highest BCUT2D eigenvalue weighted by Crippen LogP contribution is 2.24. The van der Waals surface area contributed by atoms with Crippen LogP contribution in [0.25, 0.3) is 0 Å². The van der Waals surface area contributed by atoms with E-state index in [-0.39, 0.29) is 0 Å². The van der Waals surface area contributed by atoms with Crippen LogP contribution in [0.3, 0.4) is 0 Å². The summed E-state index contributed by atoms with van der Waals surface area (Å²) in [5.41, 5.74) is 2.33. The van der Waals surface area contributed by atoms with Gasteiger partial charge in [-0.1, -0.05) is 0 Å². The molecule has 2 aromatic heterocycles. The van der Waals surface area contributed by atoms with Gasteiger partial charge >= 0.3 is 0 Å². The van der Waals surface area contributed by atoms with Crippen LogP contribution in [0.15, 0.2) is 12.3 Å². The van der Waals surface area contributed by atoms with Crippen molar-refractivity contribution < 1.29 is 0 Å². The van der Waals surface area contributed by atoms with E-state index in [0.29, 0.717) is 6.04 Å². The van der Waals surface area contributed by atoms with Gasteiger partial charge in [0.2, 0.25) is 0 Å². The van der Waals surface area contributed by atoms with Gasteiger partial charge in [0.05, 0.1) is 16.4 Å². The Hall–Kier alpha value is -1.20. The van der Waals surface area contributed by atoms with Crippen molar-refractivity contribution in [3.8, 4) is 0 Å². The van der Waals surface area contributed by atoms with Crippen LogP contribution in [0.5, 0.6) is 0 Å². The van der Waals surface area contributed by atoms with Crippen molar-refractivity contribution in [3.63, 3.8) is 0 Å². The number of rotatable bonds is 4. The molecule has 1 N–H and O–H groups in total. The zero-order valence-electron chi connectivity index (χ0n) is 10.7. The lowest BCUT2D eigenvalue weighted by molar-refractivity contribution is 0.552. The van der Waals surface area contributed by atoms with Crippen LogP contribution < -0.4 is 5.32 Å². The van der Waals surface area contributed by atoms with Gasteiger partial charge < -0.3 is 5.32 Å². The molecule has 0 aliphatic carbocycles. The number of aromatic nitrogens is 3. The van der Waals surface area contributed by atoms with E-state index in [2.05, 4.69) is 36.2 Å². The molecule has 17 heavy (non-hydrogen) atoms. The maximum Gasteiger partial charge on any atom is 0.0900 e. The van der Waals surface area contributed by atoms with E-state index in [1.807, 2.05) is 24.0 Å². The van der Waals surface area contributed by atoms with Crippen LogP contribution in [-0.2, 0) is 13.6 Å². The van der Waals surface area contributed by atoms with Gasteiger partial charge in [0.15, 0.2) is 0 Å². The zero-order chi connectivity index (χ0) is 12.4. The van der Waals surface area contributed by atoms with E-state index in [1.165, 1.54) is 10.6 Å². The molecule has 0 aliphatic heterocycles. The van der Waals surface area contributed by atoms with E-state index in [4.69, 9.17) is 0 Å². The van der Waals surface area contributed by atoms with Crippen LogP contribution in [0.4, 0.5) is 0 Å². The maximum absolute atomic E-state index is 4.46. The van der Waals surface area contributed by atoms with Crippen LogP contribution in [0.1, 0.15) is 34.2 Å². The molecule has 5 heteroatoms. The fraction of sp³-hybridized carbons (Fsp3) is 0.500. The minimum atomic E-state index is 0.330. The summed E-state index contributed by atoms with van der Waals surface area (Å²) < 4.78 is 1.89.